The number of benzene rings is 2. The van der Waals surface area contributed by atoms with E-state index in [1.807, 2.05) is 41.3 Å². The van der Waals surface area contributed by atoms with E-state index in [-0.39, 0.29) is 6.04 Å². The summed E-state index contributed by atoms with van der Waals surface area (Å²) in [4.78, 5) is 18.6. The molecule has 1 aliphatic heterocycles. The molecule has 7 heteroatoms. The normalized spacial score (nSPS) is 19.1. The summed E-state index contributed by atoms with van der Waals surface area (Å²) >= 11 is 13.9. The summed E-state index contributed by atoms with van der Waals surface area (Å²) < 4.78 is 1.08. The van der Waals surface area contributed by atoms with Crippen molar-refractivity contribution in [2.45, 2.75) is 24.9 Å². The first-order valence-corrected chi connectivity index (χ1v) is 9.91. The standard InChI is InChI=1S/C19H16Cl2N2O2S/c20-12-8-7-11(10-13(12)21)17(23-9-3-5-15(23)19(24)25)18-22-14-4-1-2-6-16(14)26-18/h1-2,4,6-8,10,15,17H,3,5,9H2,(H,24,25). The third-order valence-electron chi connectivity index (χ3n) is 4.71. The number of hydrogen-bond acceptors (Lipinski definition) is 4. The summed E-state index contributed by atoms with van der Waals surface area (Å²) in [6.45, 7) is 0.706. The Morgan fingerprint density at radius 2 is 2.04 bits per heavy atom. The van der Waals surface area contributed by atoms with Crippen LogP contribution in [0.1, 0.15) is 29.5 Å². The fourth-order valence-electron chi connectivity index (χ4n) is 3.53. The summed E-state index contributed by atoms with van der Waals surface area (Å²) in [7, 11) is 0. The van der Waals surface area contributed by atoms with Gasteiger partial charge in [-0.05, 0) is 42.7 Å². The molecule has 2 aromatic carbocycles. The topological polar surface area (TPSA) is 53.4 Å². The summed E-state index contributed by atoms with van der Waals surface area (Å²) in [5.74, 6) is -0.798. The molecule has 134 valence electrons. The first-order valence-electron chi connectivity index (χ1n) is 8.33. The van der Waals surface area contributed by atoms with E-state index in [1.54, 1.807) is 17.4 Å². The lowest BCUT2D eigenvalue weighted by Crippen LogP contribution is -2.39. The maximum absolute atomic E-state index is 11.8. The first-order chi connectivity index (χ1) is 12.5. The molecule has 4 nitrogen and oxygen atoms in total. The van der Waals surface area contributed by atoms with Crippen molar-refractivity contribution >= 4 is 50.7 Å². The van der Waals surface area contributed by atoms with Crippen molar-refractivity contribution in [1.29, 1.82) is 0 Å². The minimum absolute atomic E-state index is 0.259. The number of carbonyl (C=O) groups is 1. The molecule has 3 aromatic rings. The van der Waals surface area contributed by atoms with Crippen LogP contribution in [0.5, 0.6) is 0 Å². The molecule has 1 aliphatic rings. The van der Waals surface area contributed by atoms with E-state index in [9.17, 15) is 9.90 Å². The number of fused-ring (bicyclic) bond motifs is 1. The molecule has 1 fully saturated rings. The van der Waals surface area contributed by atoms with Crippen molar-refractivity contribution in [1.82, 2.24) is 9.88 Å². The Labute approximate surface area is 165 Å². The Hall–Kier alpha value is -1.66. The monoisotopic (exact) mass is 406 g/mol. The average molecular weight is 407 g/mol. The lowest BCUT2D eigenvalue weighted by molar-refractivity contribution is -0.142. The predicted octanol–water partition coefficient (Wildman–Crippen LogP) is 5.24. The number of nitrogens with zero attached hydrogens (tertiary/aromatic N) is 2. The van der Waals surface area contributed by atoms with Crippen molar-refractivity contribution in [2.24, 2.45) is 0 Å². The van der Waals surface area contributed by atoms with E-state index < -0.39 is 12.0 Å². The van der Waals surface area contributed by atoms with Crippen LogP contribution in [0.15, 0.2) is 42.5 Å². The third kappa shape index (κ3) is 3.21. The molecule has 0 spiro atoms. The van der Waals surface area contributed by atoms with Gasteiger partial charge in [-0.1, -0.05) is 41.4 Å². The van der Waals surface area contributed by atoms with Gasteiger partial charge in [0.1, 0.15) is 11.0 Å². The number of aromatic nitrogens is 1. The van der Waals surface area contributed by atoms with Crippen molar-refractivity contribution < 1.29 is 9.90 Å². The number of hydrogen-bond donors (Lipinski definition) is 1. The number of rotatable bonds is 4. The number of carboxylic acids is 1. The number of thiazole rings is 1. The molecule has 1 saturated heterocycles. The van der Waals surface area contributed by atoms with Crippen LogP contribution in [0.3, 0.4) is 0 Å². The largest absolute Gasteiger partial charge is 0.480 e. The summed E-state index contributed by atoms with van der Waals surface area (Å²) in [6.07, 6.45) is 1.48. The van der Waals surface area contributed by atoms with Gasteiger partial charge in [-0.2, -0.15) is 0 Å². The smallest absolute Gasteiger partial charge is 0.320 e. The minimum Gasteiger partial charge on any atom is -0.480 e. The molecule has 1 N–H and O–H groups in total. The highest BCUT2D eigenvalue weighted by atomic mass is 35.5. The highest BCUT2D eigenvalue weighted by Crippen LogP contribution is 2.39. The van der Waals surface area contributed by atoms with Gasteiger partial charge in [0.05, 0.1) is 26.3 Å². The van der Waals surface area contributed by atoms with Crippen molar-refractivity contribution in [3.05, 3.63) is 63.1 Å². The second kappa shape index (κ2) is 7.16. The second-order valence-electron chi connectivity index (χ2n) is 6.33. The third-order valence-corrected chi connectivity index (χ3v) is 6.54. The van der Waals surface area contributed by atoms with E-state index in [1.165, 1.54) is 0 Å². The average Bonchev–Trinajstić information content (AvgIpc) is 3.25. The van der Waals surface area contributed by atoms with Crippen LogP contribution >= 0.6 is 34.5 Å². The Kier molecular flexibility index (Phi) is 4.88. The quantitative estimate of drug-likeness (QED) is 0.643. The molecule has 0 aliphatic carbocycles. The van der Waals surface area contributed by atoms with Crippen LogP contribution in [-0.4, -0.2) is 33.5 Å². The zero-order valence-corrected chi connectivity index (χ0v) is 16.1. The molecule has 4 rings (SSSR count). The molecule has 2 atom stereocenters. The summed E-state index contributed by atoms with van der Waals surface area (Å²) in [5.41, 5.74) is 1.83. The van der Waals surface area contributed by atoms with Gasteiger partial charge in [0.15, 0.2) is 0 Å². The van der Waals surface area contributed by atoms with Crippen LogP contribution in [-0.2, 0) is 4.79 Å². The highest BCUT2D eigenvalue weighted by Gasteiger charge is 2.38. The lowest BCUT2D eigenvalue weighted by Gasteiger charge is -2.30. The predicted molar refractivity (Wildman–Crippen MR) is 105 cm³/mol. The zero-order valence-electron chi connectivity index (χ0n) is 13.7. The molecule has 0 saturated carbocycles. The van der Waals surface area contributed by atoms with Crippen molar-refractivity contribution in [3.8, 4) is 0 Å². The molecular formula is C19H16Cl2N2O2S. The van der Waals surface area contributed by atoms with Crippen LogP contribution in [0.25, 0.3) is 10.2 Å². The number of halogens is 2. The Morgan fingerprint density at radius 1 is 1.23 bits per heavy atom. The zero-order chi connectivity index (χ0) is 18.3. The Bertz CT molecular complexity index is 942. The van der Waals surface area contributed by atoms with Gasteiger partial charge in [0.25, 0.3) is 0 Å². The Balaban J connectivity index is 1.85. The number of aliphatic carboxylic acids is 1. The maximum atomic E-state index is 11.8. The highest BCUT2D eigenvalue weighted by molar-refractivity contribution is 7.18. The van der Waals surface area contributed by atoms with Gasteiger partial charge >= 0.3 is 5.97 Å². The fourth-order valence-corrected chi connectivity index (χ4v) is 4.95. The van der Waals surface area contributed by atoms with Crippen molar-refractivity contribution in [2.75, 3.05) is 6.54 Å². The van der Waals surface area contributed by atoms with E-state index >= 15 is 0 Å². The van der Waals surface area contributed by atoms with Crippen LogP contribution in [0.2, 0.25) is 10.0 Å². The van der Waals surface area contributed by atoms with Crippen LogP contribution in [0, 0.1) is 0 Å². The molecule has 2 unspecified atom stereocenters. The van der Waals surface area contributed by atoms with Gasteiger partial charge in [-0.25, -0.2) is 4.98 Å². The number of carboxylic acid groups (broad SMARTS) is 1. The molecule has 0 amide bonds. The van der Waals surface area contributed by atoms with Gasteiger partial charge < -0.3 is 5.11 Å². The number of para-hydroxylation sites is 1. The summed E-state index contributed by atoms with van der Waals surface area (Å²) in [5, 5.41) is 11.5. The number of likely N-dealkylation sites (tertiary alicyclic amines) is 1. The Morgan fingerprint density at radius 3 is 2.77 bits per heavy atom. The van der Waals surface area contributed by atoms with Gasteiger partial charge in [-0.3, -0.25) is 9.69 Å². The van der Waals surface area contributed by atoms with E-state index in [0.29, 0.717) is 23.0 Å². The fraction of sp³-hybridized carbons (Fsp3) is 0.263. The van der Waals surface area contributed by atoms with Crippen LogP contribution < -0.4 is 0 Å². The summed E-state index contributed by atoms with van der Waals surface area (Å²) in [6, 6.07) is 12.6. The molecular weight excluding hydrogens is 391 g/mol. The van der Waals surface area contributed by atoms with E-state index in [2.05, 4.69) is 0 Å². The van der Waals surface area contributed by atoms with Gasteiger partial charge in [0, 0.05) is 6.54 Å². The van der Waals surface area contributed by atoms with Gasteiger partial charge in [0.2, 0.25) is 0 Å². The molecule has 1 aromatic heterocycles. The SMILES string of the molecule is O=C(O)C1CCCN1C(c1ccc(Cl)c(Cl)c1)c1nc2ccccc2s1. The molecule has 26 heavy (non-hydrogen) atoms. The van der Waals surface area contributed by atoms with E-state index in [4.69, 9.17) is 28.2 Å². The minimum atomic E-state index is -0.798. The molecule has 0 radical (unpaired) electrons. The second-order valence-corrected chi connectivity index (χ2v) is 8.21. The van der Waals surface area contributed by atoms with E-state index in [0.717, 1.165) is 27.2 Å². The maximum Gasteiger partial charge on any atom is 0.320 e. The molecule has 0 bridgehead atoms. The lowest BCUT2D eigenvalue weighted by atomic mass is 10.0. The molecule has 2 heterocycles. The van der Waals surface area contributed by atoms with Gasteiger partial charge in [-0.15, -0.1) is 11.3 Å². The first kappa shape index (κ1) is 17.7. The van der Waals surface area contributed by atoms with Crippen LogP contribution in [0.4, 0.5) is 0 Å². The van der Waals surface area contributed by atoms with Crippen molar-refractivity contribution in [3.63, 3.8) is 0 Å².